The number of rotatable bonds is 2. The lowest BCUT2D eigenvalue weighted by molar-refractivity contribution is 0.00201. The topological polar surface area (TPSA) is 54.8 Å². The first-order valence-corrected chi connectivity index (χ1v) is 10.9. The maximum Gasteiger partial charge on any atom is 0.410 e. The van der Waals surface area contributed by atoms with E-state index < -0.39 is 5.60 Å². The van der Waals surface area contributed by atoms with Crippen molar-refractivity contribution in [1.82, 2.24) is 14.4 Å². The number of fused-ring (bicyclic) bond motifs is 1. The molecule has 158 valence electrons. The van der Waals surface area contributed by atoms with Gasteiger partial charge in [-0.3, -0.25) is 4.79 Å². The summed E-state index contributed by atoms with van der Waals surface area (Å²) in [4.78, 5) is 29.4. The lowest BCUT2D eigenvalue weighted by atomic mass is 10.1. The molecule has 1 aliphatic heterocycles. The highest BCUT2D eigenvalue weighted by Crippen LogP contribution is 2.29. The first-order chi connectivity index (χ1) is 13.5. The molecule has 3 rings (SSSR count). The summed E-state index contributed by atoms with van der Waals surface area (Å²) >= 11 is 3.53. The first-order valence-electron chi connectivity index (χ1n) is 10.1. The van der Waals surface area contributed by atoms with Gasteiger partial charge in [0.2, 0.25) is 0 Å². The maximum atomic E-state index is 13.4. The van der Waals surface area contributed by atoms with Crippen molar-refractivity contribution in [2.24, 2.45) is 0 Å². The molecule has 1 saturated heterocycles. The molecule has 0 saturated carbocycles. The van der Waals surface area contributed by atoms with Crippen molar-refractivity contribution in [3.63, 3.8) is 0 Å². The minimum Gasteiger partial charge on any atom is -0.444 e. The average Bonchev–Trinajstić information content (AvgIpc) is 2.98. The SMILES string of the molecule is CC(C)n1cc(C(=O)N2CCN(C(=O)OC(C)(C)C)[C@H](C)C2)c2ccc(Br)cc21. The Morgan fingerprint density at radius 3 is 2.48 bits per heavy atom. The maximum absolute atomic E-state index is 13.4. The predicted molar refractivity (Wildman–Crippen MR) is 118 cm³/mol. The number of carbonyl (C=O) groups excluding carboxylic acids is 2. The van der Waals surface area contributed by atoms with E-state index >= 15 is 0 Å². The quantitative estimate of drug-likeness (QED) is 0.624. The van der Waals surface area contributed by atoms with Crippen molar-refractivity contribution in [2.75, 3.05) is 19.6 Å². The van der Waals surface area contributed by atoms with Gasteiger partial charge in [-0.1, -0.05) is 22.0 Å². The van der Waals surface area contributed by atoms with Gasteiger partial charge in [0, 0.05) is 47.8 Å². The number of ether oxygens (including phenoxy) is 1. The molecule has 7 heteroatoms. The number of hydrogen-bond donors (Lipinski definition) is 0. The highest BCUT2D eigenvalue weighted by molar-refractivity contribution is 9.10. The van der Waals surface area contributed by atoms with Gasteiger partial charge in [-0.15, -0.1) is 0 Å². The summed E-state index contributed by atoms with van der Waals surface area (Å²) in [6.45, 7) is 13.2. The minimum atomic E-state index is -0.531. The standard InChI is InChI=1S/C22H30BrN3O3/c1-14(2)26-13-18(17-8-7-16(23)11-19(17)26)20(27)24-9-10-25(15(3)12-24)21(28)29-22(4,5)6/h7-8,11,13-15H,9-10,12H2,1-6H3/t15-/m1/s1. The Bertz CT molecular complexity index is 929. The Morgan fingerprint density at radius 1 is 1.21 bits per heavy atom. The molecule has 2 aromatic rings. The van der Waals surface area contributed by atoms with E-state index in [-0.39, 0.29) is 24.1 Å². The first kappa shape index (κ1) is 21.7. The number of halogens is 1. The zero-order chi connectivity index (χ0) is 21.5. The summed E-state index contributed by atoms with van der Waals surface area (Å²) < 4.78 is 8.62. The molecule has 1 aromatic carbocycles. The molecular weight excluding hydrogens is 434 g/mol. The minimum absolute atomic E-state index is 0.00686. The van der Waals surface area contributed by atoms with Gasteiger partial charge in [0.15, 0.2) is 0 Å². The Kier molecular flexibility index (Phi) is 5.99. The molecule has 6 nitrogen and oxygen atoms in total. The molecule has 1 fully saturated rings. The molecule has 29 heavy (non-hydrogen) atoms. The van der Waals surface area contributed by atoms with Crippen LogP contribution in [0.2, 0.25) is 0 Å². The fourth-order valence-corrected chi connectivity index (χ4v) is 4.08. The Hall–Kier alpha value is -2.02. The molecule has 0 aliphatic carbocycles. The molecule has 0 bridgehead atoms. The lowest BCUT2D eigenvalue weighted by Gasteiger charge is -2.40. The summed E-state index contributed by atoms with van der Waals surface area (Å²) in [5, 5.41) is 0.953. The van der Waals surface area contributed by atoms with E-state index in [1.807, 2.05) is 50.9 Å². The van der Waals surface area contributed by atoms with E-state index in [1.165, 1.54) is 0 Å². The van der Waals surface area contributed by atoms with E-state index in [9.17, 15) is 9.59 Å². The highest BCUT2D eigenvalue weighted by Gasteiger charge is 2.33. The van der Waals surface area contributed by atoms with Crippen LogP contribution in [0.4, 0.5) is 4.79 Å². The molecule has 2 amide bonds. The van der Waals surface area contributed by atoms with Gasteiger partial charge in [-0.05, 0) is 53.7 Å². The second-order valence-electron chi connectivity index (χ2n) is 8.98. The van der Waals surface area contributed by atoms with Crippen molar-refractivity contribution in [3.8, 4) is 0 Å². The number of nitrogens with zero attached hydrogens (tertiary/aromatic N) is 3. The second-order valence-corrected chi connectivity index (χ2v) is 9.89. The summed E-state index contributed by atoms with van der Waals surface area (Å²) in [6, 6.07) is 6.15. The van der Waals surface area contributed by atoms with Crippen molar-refractivity contribution in [1.29, 1.82) is 0 Å². The van der Waals surface area contributed by atoms with Crippen LogP contribution in [-0.4, -0.2) is 57.6 Å². The Labute approximate surface area is 180 Å². The molecule has 0 unspecified atom stereocenters. The molecule has 0 radical (unpaired) electrons. The summed E-state index contributed by atoms with van der Waals surface area (Å²) in [5.74, 6) is 0.00686. The largest absolute Gasteiger partial charge is 0.444 e. The van der Waals surface area contributed by atoms with Gasteiger partial charge in [-0.25, -0.2) is 4.79 Å². The van der Waals surface area contributed by atoms with E-state index in [4.69, 9.17) is 4.74 Å². The third-order valence-corrected chi connectivity index (χ3v) is 5.62. The van der Waals surface area contributed by atoms with Crippen molar-refractivity contribution in [3.05, 3.63) is 34.4 Å². The number of piperazine rings is 1. The highest BCUT2D eigenvalue weighted by atomic mass is 79.9. The van der Waals surface area contributed by atoms with E-state index in [2.05, 4.69) is 40.4 Å². The van der Waals surface area contributed by atoms with E-state index in [0.717, 1.165) is 15.4 Å². The lowest BCUT2D eigenvalue weighted by Crippen LogP contribution is -2.56. The summed E-state index contributed by atoms with van der Waals surface area (Å²) in [5.41, 5.74) is 1.22. The van der Waals surface area contributed by atoms with Gasteiger partial charge in [0.05, 0.1) is 11.1 Å². The van der Waals surface area contributed by atoms with Crippen molar-refractivity contribution < 1.29 is 14.3 Å². The smallest absolute Gasteiger partial charge is 0.410 e. The molecule has 1 atom stereocenters. The monoisotopic (exact) mass is 463 g/mol. The van der Waals surface area contributed by atoms with E-state index in [0.29, 0.717) is 25.2 Å². The fourth-order valence-electron chi connectivity index (χ4n) is 3.73. The van der Waals surface area contributed by atoms with E-state index in [1.54, 1.807) is 4.90 Å². The van der Waals surface area contributed by atoms with Crippen molar-refractivity contribution >= 4 is 38.8 Å². The Morgan fingerprint density at radius 2 is 1.90 bits per heavy atom. The van der Waals surface area contributed by atoms with Gasteiger partial charge in [0.25, 0.3) is 5.91 Å². The molecule has 0 N–H and O–H groups in total. The molecule has 0 spiro atoms. The number of carbonyl (C=O) groups is 2. The van der Waals surface area contributed by atoms with Crippen LogP contribution in [-0.2, 0) is 4.74 Å². The van der Waals surface area contributed by atoms with Crippen LogP contribution in [0.15, 0.2) is 28.9 Å². The summed E-state index contributed by atoms with van der Waals surface area (Å²) in [7, 11) is 0. The average molecular weight is 464 g/mol. The molecular formula is C22H30BrN3O3. The summed E-state index contributed by atoms with van der Waals surface area (Å²) in [6.07, 6.45) is 1.63. The number of benzene rings is 1. The van der Waals surface area contributed by atoms with Gasteiger partial charge >= 0.3 is 6.09 Å². The van der Waals surface area contributed by atoms with Crippen LogP contribution in [0.5, 0.6) is 0 Å². The predicted octanol–water partition coefficient (Wildman–Crippen LogP) is 5.07. The number of aromatic nitrogens is 1. The molecule has 2 heterocycles. The van der Waals surface area contributed by atoms with Gasteiger partial charge < -0.3 is 19.1 Å². The number of amides is 2. The van der Waals surface area contributed by atoms with Crippen LogP contribution < -0.4 is 0 Å². The number of hydrogen-bond acceptors (Lipinski definition) is 3. The third-order valence-electron chi connectivity index (χ3n) is 5.13. The zero-order valence-electron chi connectivity index (χ0n) is 18.0. The van der Waals surface area contributed by atoms with Crippen LogP contribution in [0.3, 0.4) is 0 Å². The van der Waals surface area contributed by atoms with Gasteiger partial charge in [-0.2, -0.15) is 0 Å². The molecule has 1 aliphatic rings. The second kappa shape index (κ2) is 8.01. The normalized spacial score (nSPS) is 17.9. The Balaban J connectivity index is 1.81. The zero-order valence-corrected chi connectivity index (χ0v) is 19.6. The third kappa shape index (κ3) is 4.60. The van der Waals surface area contributed by atoms with Gasteiger partial charge in [0.1, 0.15) is 5.60 Å². The van der Waals surface area contributed by atoms with Crippen LogP contribution >= 0.6 is 15.9 Å². The van der Waals surface area contributed by atoms with Crippen LogP contribution in [0.25, 0.3) is 10.9 Å². The molecule has 1 aromatic heterocycles. The van der Waals surface area contributed by atoms with Crippen LogP contribution in [0, 0.1) is 0 Å². The van der Waals surface area contributed by atoms with Crippen LogP contribution in [0.1, 0.15) is 57.9 Å². The fraction of sp³-hybridized carbons (Fsp3) is 0.545. The van der Waals surface area contributed by atoms with Crippen molar-refractivity contribution in [2.45, 2.75) is 59.2 Å².